The van der Waals surface area contributed by atoms with E-state index < -0.39 is 15.8 Å². The molecule has 0 radical (unpaired) electrons. The summed E-state index contributed by atoms with van der Waals surface area (Å²) < 4.78 is 40.9. The quantitative estimate of drug-likeness (QED) is 0.327. The molecule has 0 aliphatic heterocycles. The minimum Gasteiger partial charge on any atom is -0.361 e. The second-order valence-corrected chi connectivity index (χ2v) is 9.50. The Bertz CT molecular complexity index is 1400. The fraction of sp³-hybridized carbons (Fsp3) is 0.160. The van der Waals surface area contributed by atoms with E-state index in [1.165, 1.54) is 42.1 Å². The van der Waals surface area contributed by atoms with E-state index in [0.717, 1.165) is 24.4 Å². The Kier molecular flexibility index (Phi) is 6.46. The van der Waals surface area contributed by atoms with Crippen LogP contribution >= 0.6 is 0 Å². The molecule has 0 atom stereocenters. The van der Waals surface area contributed by atoms with Crippen molar-refractivity contribution in [1.29, 1.82) is 0 Å². The molecule has 0 saturated heterocycles. The first-order chi connectivity index (χ1) is 15.8. The summed E-state index contributed by atoms with van der Waals surface area (Å²) in [4.78, 5) is 15.6. The molecule has 0 saturated carbocycles. The maximum atomic E-state index is 13.4. The number of amides is 1. The van der Waals surface area contributed by atoms with Crippen LogP contribution in [0.1, 0.15) is 27.9 Å². The van der Waals surface area contributed by atoms with Crippen LogP contribution in [0.4, 0.5) is 10.1 Å². The summed E-state index contributed by atoms with van der Waals surface area (Å²) in [5, 5.41) is 4.08. The number of hydrogen-bond donors (Lipinski definition) is 3. The predicted octanol–water partition coefficient (Wildman–Crippen LogP) is 4.78. The average Bonchev–Trinajstić information content (AvgIpc) is 3.21. The van der Waals surface area contributed by atoms with Gasteiger partial charge < -0.3 is 10.3 Å². The highest BCUT2D eigenvalue weighted by molar-refractivity contribution is 7.92. The van der Waals surface area contributed by atoms with Gasteiger partial charge in [0.1, 0.15) is 5.82 Å². The summed E-state index contributed by atoms with van der Waals surface area (Å²) in [6, 6.07) is 17.9. The number of anilines is 1. The maximum Gasteiger partial charge on any atom is 0.261 e. The van der Waals surface area contributed by atoms with Crippen LogP contribution in [0.15, 0.2) is 77.8 Å². The minimum absolute atomic E-state index is 0.0292. The van der Waals surface area contributed by atoms with Gasteiger partial charge in [0.2, 0.25) is 0 Å². The number of carbonyl (C=O) groups is 1. The van der Waals surface area contributed by atoms with Crippen molar-refractivity contribution in [3.63, 3.8) is 0 Å². The third kappa shape index (κ3) is 5.23. The van der Waals surface area contributed by atoms with Crippen molar-refractivity contribution >= 4 is 32.5 Å². The number of sulfonamides is 1. The molecule has 4 rings (SSSR count). The Balaban J connectivity index is 1.31. The Labute approximate surface area is 191 Å². The summed E-state index contributed by atoms with van der Waals surface area (Å²) in [5.74, 6) is -0.691. The van der Waals surface area contributed by atoms with Gasteiger partial charge in [0, 0.05) is 34.9 Å². The zero-order chi connectivity index (χ0) is 23.4. The molecule has 1 amide bonds. The van der Waals surface area contributed by atoms with E-state index >= 15 is 0 Å². The zero-order valence-corrected chi connectivity index (χ0v) is 18.9. The monoisotopic (exact) mass is 465 g/mol. The summed E-state index contributed by atoms with van der Waals surface area (Å²) in [7, 11) is -3.86. The molecule has 0 spiro atoms. The van der Waals surface area contributed by atoms with Crippen LogP contribution in [0.25, 0.3) is 10.9 Å². The molecule has 170 valence electrons. The van der Waals surface area contributed by atoms with E-state index in [0.29, 0.717) is 17.8 Å². The Morgan fingerprint density at radius 2 is 1.79 bits per heavy atom. The lowest BCUT2D eigenvalue weighted by molar-refractivity contribution is 0.0953. The smallest absolute Gasteiger partial charge is 0.261 e. The maximum absolute atomic E-state index is 13.4. The number of para-hydroxylation sites is 1. The van der Waals surface area contributed by atoms with Crippen LogP contribution in [0.2, 0.25) is 0 Å². The molecular formula is C25H24FN3O3S. The highest BCUT2D eigenvalue weighted by Gasteiger charge is 2.16. The Morgan fingerprint density at radius 3 is 2.55 bits per heavy atom. The van der Waals surface area contributed by atoms with Gasteiger partial charge in [-0.2, -0.15) is 0 Å². The number of aromatic amines is 1. The number of rotatable bonds is 8. The van der Waals surface area contributed by atoms with Gasteiger partial charge in [-0.15, -0.1) is 0 Å². The lowest BCUT2D eigenvalue weighted by atomic mass is 10.1. The number of H-pyrrole nitrogens is 1. The number of fused-ring (bicyclic) bond motifs is 1. The molecule has 0 aliphatic rings. The van der Waals surface area contributed by atoms with E-state index in [-0.39, 0.29) is 16.4 Å². The standard InChI is InChI=1S/C25H24FN3O3S/c1-17-15-21(12-13-23(17)26)33(31,32)29-20-10-8-18(9-11-20)25(30)27-14-4-5-19-16-28-24-7-3-2-6-22(19)24/h2-3,6-13,15-16,28-29H,4-5,14H2,1H3,(H,27,30). The Morgan fingerprint density at radius 1 is 1.03 bits per heavy atom. The Hall–Kier alpha value is -3.65. The van der Waals surface area contributed by atoms with E-state index in [1.807, 2.05) is 24.4 Å². The fourth-order valence-electron chi connectivity index (χ4n) is 3.61. The van der Waals surface area contributed by atoms with Crippen LogP contribution in [0.3, 0.4) is 0 Å². The fourth-order valence-corrected chi connectivity index (χ4v) is 4.75. The van der Waals surface area contributed by atoms with Crippen molar-refractivity contribution in [3.05, 3.63) is 95.4 Å². The zero-order valence-electron chi connectivity index (χ0n) is 18.1. The molecule has 0 bridgehead atoms. The summed E-state index contributed by atoms with van der Waals surface area (Å²) >= 11 is 0. The van der Waals surface area contributed by atoms with Crippen molar-refractivity contribution in [2.45, 2.75) is 24.7 Å². The number of aromatic nitrogens is 1. The van der Waals surface area contributed by atoms with Gasteiger partial charge in [0.25, 0.3) is 15.9 Å². The third-order valence-electron chi connectivity index (χ3n) is 5.42. The third-order valence-corrected chi connectivity index (χ3v) is 6.80. The van der Waals surface area contributed by atoms with E-state index in [4.69, 9.17) is 0 Å². The molecule has 6 nitrogen and oxygen atoms in total. The molecule has 1 aromatic heterocycles. The van der Waals surface area contributed by atoms with E-state index in [9.17, 15) is 17.6 Å². The lowest BCUT2D eigenvalue weighted by Crippen LogP contribution is -2.24. The predicted molar refractivity (Wildman–Crippen MR) is 127 cm³/mol. The van der Waals surface area contributed by atoms with Crippen LogP contribution in [0, 0.1) is 12.7 Å². The number of halogens is 1. The van der Waals surface area contributed by atoms with E-state index in [2.05, 4.69) is 21.1 Å². The van der Waals surface area contributed by atoms with Crippen molar-refractivity contribution < 1.29 is 17.6 Å². The first-order valence-corrected chi connectivity index (χ1v) is 12.0. The molecule has 0 aliphatic carbocycles. The van der Waals surface area contributed by atoms with Crippen LogP contribution < -0.4 is 10.0 Å². The number of hydrogen-bond acceptors (Lipinski definition) is 3. The first kappa shape index (κ1) is 22.5. The van der Waals surface area contributed by atoms with Crippen molar-refractivity contribution in [1.82, 2.24) is 10.3 Å². The molecule has 0 fully saturated rings. The summed E-state index contributed by atoms with van der Waals surface area (Å²) in [5.41, 5.74) is 3.31. The molecule has 3 aromatic carbocycles. The van der Waals surface area contributed by atoms with E-state index in [1.54, 1.807) is 12.1 Å². The van der Waals surface area contributed by atoms with Crippen LogP contribution in [-0.4, -0.2) is 25.9 Å². The number of aryl methyl sites for hydroxylation is 2. The number of nitrogens with one attached hydrogen (secondary N) is 3. The SMILES string of the molecule is Cc1cc(S(=O)(=O)Nc2ccc(C(=O)NCCCc3c[nH]c4ccccc34)cc2)ccc1F. The average molecular weight is 466 g/mol. The summed E-state index contributed by atoms with van der Waals surface area (Å²) in [6.45, 7) is 2.03. The van der Waals surface area contributed by atoms with Crippen LogP contribution in [0.5, 0.6) is 0 Å². The molecule has 3 N–H and O–H groups in total. The van der Waals surface area contributed by atoms with Crippen molar-refractivity contribution in [2.75, 3.05) is 11.3 Å². The largest absolute Gasteiger partial charge is 0.361 e. The molecule has 1 heterocycles. The molecule has 4 aromatic rings. The van der Waals surface area contributed by atoms with Gasteiger partial charge in [-0.05, 0) is 79.4 Å². The van der Waals surface area contributed by atoms with Crippen molar-refractivity contribution in [2.24, 2.45) is 0 Å². The van der Waals surface area contributed by atoms with Gasteiger partial charge >= 0.3 is 0 Å². The molecular weight excluding hydrogens is 441 g/mol. The van der Waals surface area contributed by atoms with Gasteiger partial charge in [-0.3, -0.25) is 9.52 Å². The molecule has 33 heavy (non-hydrogen) atoms. The highest BCUT2D eigenvalue weighted by atomic mass is 32.2. The van der Waals surface area contributed by atoms with Crippen LogP contribution in [-0.2, 0) is 16.4 Å². The number of carbonyl (C=O) groups excluding carboxylic acids is 1. The second-order valence-electron chi connectivity index (χ2n) is 7.81. The topological polar surface area (TPSA) is 91.1 Å². The lowest BCUT2D eigenvalue weighted by Gasteiger charge is -2.10. The first-order valence-electron chi connectivity index (χ1n) is 10.6. The van der Waals surface area contributed by atoms with Gasteiger partial charge in [0.15, 0.2) is 0 Å². The second kappa shape index (κ2) is 9.46. The van der Waals surface area contributed by atoms with Gasteiger partial charge in [0.05, 0.1) is 4.90 Å². The van der Waals surface area contributed by atoms with Crippen molar-refractivity contribution in [3.8, 4) is 0 Å². The normalized spacial score (nSPS) is 11.5. The molecule has 8 heteroatoms. The van der Waals surface area contributed by atoms with Gasteiger partial charge in [-0.25, -0.2) is 12.8 Å². The number of benzene rings is 3. The minimum atomic E-state index is -3.86. The molecule has 0 unspecified atom stereocenters. The summed E-state index contributed by atoms with van der Waals surface area (Å²) in [6.07, 6.45) is 3.63. The highest BCUT2D eigenvalue weighted by Crippen LogP contribution is 2.20. The van der Waals surface area contributed by atoms with Gasteiger partial charge in [-0.1, -0.05) is 18.2 Å².